The van der Waals surface area contributed by atoms with Crippen molar-refractivity contribution in [2.75, 3.05) is 6.61 Å². The molecule has 0 saturated carbocycles. The highest BCUT2D eigenvalue weighted by Gasteiger charge is 2.13. The van der Waals surface area contributed by atoms with Crippen molar-refractivity contribution in [3.63, 3.8) is 0 Å². The van der Waals surface area contributed by atoms with Gasteiger partial charge in [-0.15, -0.1) is 0 Å². The molecule has 142 valence electrons. The van der Waals surface area contributed by atoms with Crippen LogP contribution in [0.3, 0.4) is 0 Å². The van der Waals surface area contributed by atoms with Gasteiger partial charge in [0.2, 0.25) is 5.88 Å². The molecule has 5 nitrogen and oxygen atoms in total. The average molecular weight is 379 g/mol. The molecule has 4 aromatic rings. The van der Waals surface area contributed by atoms with E-state index in [0.717, 1.165) is 16.5 Å². The predicted octanol–water partition coefficient (Wildman–Crippen LogP) is 5.46. The molecule has 0 spiro atoms. The number of hydrogen-bond acceptors (Lipinski definition) is 3. The molecule has 0 bridgehead atoms. The maximum atomic E-state index is 13.5. The summed E-state index contributed by atoms with van der Waals surface area (Å²) < 4.78 is 26.0. The van der Waals surface area contributed by atoms with E-state index in [9.17, 15) is 9.18 Å². The van der Waals surface area contributed by atoms with Crippen molar-refractivity contribution in [3.8, 4) is 11.6 Å². The zero-order chi connectivity index (χ0) is 19.5. The predicted molar refractivity (Wildman–Crippen MR) is 105 cm³/mol. The summed E-state index contributed by atoms with van der Waals surface area (Å²) in [7, 11) is 0. The van der Waals surface area contributed by atoms with Crippen molar-refractivity contribution in [3.05, 3.63) is 72.5 Å². The summed E-state index contributed by atoms with van der Waals surface area (Å²) in [4.78, 5) is 11.0. The molecule has 0 fully saturated rings. The molecule has 1 heterocycles. The number of halogens is 1. The zero-order valence-electron chi connectivity index (χ0n) is 15.0. The molecule has 0 unspecified atom stereocenters. The van der Waals surface area contributed by atoms with Crippen molar-refractivity contribution < 1.29 is 23.8 Å². The fourth-order valence-corrected chi connectivity index (χ4v) is 3.35. The van der Waals surface area contributed by atoms with Gasteiger partial charge in [0.15, 0.2) is 0 Å². The Bertz CT molecular complexity index is 1150. The molecule has 6 heteroatoms. The number of aryl methyl sites for hydroxylation is 1. The van der Waals surface area contributed by atoms with Crippen LogP contribution >= 0.6 is 0 Å². The van der Waals surface area contributed by atoms with Gasteiger partial charge in [-0.25, -0.2) is 9.18 Å². The van der Waals surface area contributed by atoms with E-state index in [1.165, 1.54) is 18.2 Å². The first-order valence-corrected chi connectivity index (χ1v) is 8.92. The fourth-order valence-electron chi connectivity index (χ4n) is 3.35. The molecule has 0 radical (unpaired) electrons. The fraction of sp³-hybridized carbons (Fsp3) is 0.136. The number of carbonyl (C=O) groups is 1. The number of benzene rings is 3. The van der Waals surface area contributed by atoms with Crippen molar-refractivity contribution >= 4 is 27.8 Å². The molecular weight excluding hydrogens is 361 g/mol. The molecule has 0 aliphatic carbocycles. The average Bonchev–Trinajstić information content (AvgIpc) is 3.00. The quantitative estimate of drug-likeness (QED) is 0.357. The molecule has 4 rings (SSSR count). The van der Waals surface area contributed by atoms with Crippen molar-refractivity contribution in [1.82, 2.24) is 4.57 Å². The second kappa shape index (κ2) is 7.60. The first-order chi connectivity index (χ1) is 13.6. The van der Waals surface area contributed by atoms with Gasteiger partial charge in [-0.1, -0.05) is 36.4 Å². The molecular formula is C22H18FNO4. The number of ether oxygens (including phenoxy) is 2. The summed E-state index contributed by atoms with van der Waals surface area (Å²) in [5.74, 6) is 0.587. The molecule has 0 aliphatic rings. The second-order valence-electron chi connectivity index (χ2n) is 6.38. The first kappa shape index (κ1) is 17.9. The Morgan fingerprint density at radius 1 is 1.00 bits per heavy atom. The number of carboxylic acid groups (broad SMARTS) is 1. The zero-order valence-corrected chi connectivity index (χ0v) is 15.0. The van der Waals surface area contributed by atoms with Crippen LogP contribution in [0, 0.1) is 5.82 Å². The molecule has 3 aromatic carbocycles. The molecule has 1 aromatic heterocycles. The van der Waals surface area contributed by atoms with E-state index in [0.29, 0.717) is 30.5 Å². The molecule has 0 saturated heterocycles. The van der Waals surface area contributed by atoms with Gasteiger partial charge in [-0.2, -0.15) is 0 Å². The Labute approximate surface area is 160 Å². The van der Waals surface area contributed by atoms with Gasteiger partial charge in [-0.3, -0.25) is 0 Å². The van der Waals surface area contributed by atoms with Crippen LogP contribution in [0.5, 0.6) is 11.6 Å². The summed E-state index contributed by atoms with van der Waals surface area (Å²) in [6, 6.07) is 19.7. The van der Waals surface area contributed by atoms with E-state index in [2.05, 4.69) is 0 Å². The number of hydrogen-bond donors (Lipinski definition) is 1. The SMILES string of the molecule is O=C(O)Oc1cc2cc(F)ccc2n1CCCOc1cccc2ccccc12. The van der Waals surface area contributed by atoms with Gasteiger partial charge in [-0.05, 0) is 36.1 Å². The van der Waals surface area contributed by atoms with Crippen LogP contribution in [0.1, 0.15) is 6.42 Å². The Kier molecular flexibility index (Phi) is 4.85. The monoisotopic (exact) mass is 379 g/mol. The summed E-state index contributed by atoms with van der Waals surface area (Å²) >= 11 is 0. The Morgan fingerprint density at radius 3 is 2.68 bits per heavy atom. The summed E-state index contributed by atoms with van der Waals surface area (Å²) in [6.45, 7) is 0.921. The largest absolute Gasteiger partial charge is 0.512 e. The van der Waals surface area contributed by atoms with E-state index >= 15 is 0 Å². The molecule has 1 N–H and O–H groups in total. The van der Waals surface area contributed by atoms with Crippen LogP contribution in [0.15, 0.2) is 66.7 Å². The van der Waals surface area contributed by atoms with Crippen LogP contribution in [-0.2, 0) is 6.54 Å². The van der Waals surface area contributed by atoms with E-state index in [1.807, 2.05) is 42.5 Å². The molecule has 28 heavy (non-hydrogen) atoms. The lowest BCUT2D eigenvalue weighted by Gasteiger charge is -2.12. The Morgan fingerprint density at radius 2 is 1.82 bits per heavy atom. The Hall–Kier alpha value is -3.54. The van der Waals surface area contributed by atoms with E-state index in [4.69, 9.17) is 14.6 Å². The van der Waals surface area contributed by atoms with Gasteiger partial charge in [0.05, 0.1) is 12.1 Å². The highest BCUT2D eigenvalue weighted by molar-refractivity contribution is 5.88. The number of aromatic nitrogens is 1. The van der Waals surface area contributed by atoms with Crippen LogP contribution < -0.4 is 9.47 Å². The maximum Gasteiger partial charge on any atom is 0.512 e. The van der Waals surface area contributed by atoms with Gasteiger partial charge in [0.25, 0.3) is 0 Å². The van der Waals surface area contributed by atoms with Gasteiger partial charge in [0, 0.05) is 23.4 Å². The maximum absolute atomic E-state index is 13.5. The van der Waals surface area contributed by atoms with Gasteiger partial charge < -0.3 is 19.1 Å². The second-order valence-corrected chi connectivity index (χ2v) is 6.38. The van der Waals surface area contributed by atoms with Crippen molar-refractivity contribution in [2.45, 2.75) is 13.0 Å². The van der Waals surface area contributed by atoms with Crippen LogP contribution in [0.4, 0.5) is 9.18 Å². The lowest BCUT2D eigenvalue weighted by atomic mass is 10.1. The number of nitrogens with zero attached hydrogens (tertiary/aromatic N) is 1. The van der Waals surface area contributed by atoms with Crippen molar-refractivity contribution in [1.29, 1.82) is 0 Å². The molecule has 0 atom stereocenters. The summed E-state index contributed by atoms with van der Waals surface area (Å²) in [5.41, 5.74) is 0.711. The third kappa shape index (κ3) is 3.62. The standard InChI is InChI=1S/C22H18FNO4/c23-17-9-10-19-16(13-17)14-21(28-22(25)26)24(19)11-4-12-27-20-8-3-6-15-5-1-2-7-18(15)20/h1-3,5-10,13-14H,4,11-12H2,(H,25,26). The van der Waals surface area contributed by atoms with Crippen LogP contribution in [0.25, 0.3) is 21.7 Å². The van der Waals surface area contributed by atoms with E-state index in [-0.39, 0.29) is 11.7 Å². The summed E-state index contributed by atoms with van der Waals surface area (Å²) in [5, 5.41) is 11.7. The molecule has 0 amide bonds. The first-order valence-electron chi connectivity index (χ1n) is 8.92. The minimum Gasteiger partial charge on any atom is -0.493 e. The van der Waals surface area contributed by atoms with E-state index in [1.54, 1.807) is 10.6 Å². The van der Waals surface area contributed by atoms with Crippen molar-refractivity contribution in [2.24, 2.45) is 0 Å². The third-order valence-corrected chi connectivity index (χ3v) is 4.55. The lowest BCUT2D eigenvalue weighted by molar-refractivity contribution is 0.140. The number of rotatable bonds is 6. The van der Waals surface area contributed by atoms with Crippen LogP contribution in [0.2, 0.25) is 0 Å². The lowest BCUT2D eigenvalue weighted by Crippen LogP contribution is -2.10. The highest BCUT2D eigenvalue weighted by atomic mass is 19.1. The molecule has 0 aliphatic heterocycles. The van der Waals surface area contributed by atoms with E-state index < -0.39 is 6.16 Å². The smallest absolute Gasteiger partial charge is 0.493 e. The number of fused-ring (bicyclic) bond motifs is 2. The minimum atomic E-state index is -1.41. The van der Waals surface area contributed by atoms with Gasteiger partial charge >= 0.3 is 6.16 Å². The highest BCUT2D eigenvalue weighted by Crippen LogP contribution is 2.28. The minimum absolute atomic E-state index is 0.165. The van der Waals surface area contributed by atoms with Gasteiger partial charge in [0.1, 0.15) is 11.6 Å². The summed E-state index contributed by atoms with van der Waals surface area (Å²) in [6.07, 6.45) is -0.781. The third-order valence-electron chi connectivity index (χ3n) is 4.55. The Balaban J connectivity index is 1.50. The topological polar surface area (TPSA) is 60.7 Å². The van der Waals surface area contributed by atoms with Crippen LogP contribution in [-0.4, -0.2) is 22.4 Å². The normalized spacial score (nSPS) is 11.0.